The minimum Gasteiger partial charge on any atom is -0.420 e. The van der Waals surface area contributed by atoms with Crippen LogP contribution in [0.25, 0.3) is 22.9 Å². The first kappa shape index (κ1) is 19.8. The Bertz CT molecular complexity index is 1100. The van der Waals surface area contributed by atoms with Crippen molar-refractivity contribution < 1.29 is 8.83 Å². The van der Waals surface area contributed by atoms with Crippen LogP contribution in [-0.2, 0) is 11.2 Å². The first-order valence-electron chi connectivity index (χ1n) is 9.04. The first-order chi connectivity index (χ1) is 13.9. The van der Waals surface area contributed by atoms with Crippen molar-refractivity contribution in [1.29, 1.82) is 0 Å². The largest absolute Gasteiger partial charge is 0.420 e. The van der Waals surface area contributed by atoms with Crippen molar-refractivity contribution in [3.05, 3.63) is 64.5 Å². The van der Waals surface area contributed by atoms with Gasteiger partial charge < -0.3 is 8.83 Å². The molecule has 0 saturated heterocycles. The van der Waals surface area contributed by atoms with E-state index >= 15 is 0 Å². The lowest BCUT2D eigenvalue weighted by atomic mass is 9.87. The smallest absolute Gasteiger partial charge is 0.277 e. The molecule has 0 atom stereocenters. The third kappa shape index (κ3) is 4.76. The summed E-state index contributed by atoms with van der Waals surface area (Å²) < 4.78 is 12.5. The summed E-state index contributed by atoms with van der Waals surface area (Å²) >= 11 is 4.77. The molecule has 2 heterocycles. The van der Waals surface area contributed by atoms with Crippen molar-refractivity contribution in [1.82, 2.24) is 20.4 Å². The van der Waals surface area contributed by atoms with E-state index in [2.05, 4.69) is 69.2 Å². The van der Waals surface area contributed by atoms with E-state index in [0.29, 0.717) is 28.6 Å². The number of halogens is 1. The number of nitrogens with zero attached hydrogens (tertiary/aromatic N) is 4. The highest BCUT2D eigenvalue weighted by Gasteiger charge is 2.16. The molecule has 0 saturated carbocycles. The summed E-state index contributed by atoms with van der Waals surface area (Å²) in [6.45, 7) is 6.55. The van der Waals surface area contributed by atoms with E-state index in [9.17, 15) is 0 Å². The lowest BCUT2D eigenvalue weighted by molar-refractivity contribution is 0.464. The highest BCUT2D eigenvalue weighted by molar-refractivity contribution is 9.10. The lowest BCUT2D eigenvalue weighted by Crippen LogP contribution is -2.10. The molecule has 0 amide bonds. The molecule has 0 aliphatic rings. The average molecular weight is 471 g/mol. The van der Waals surface area contributed by atoms with Crippen molar-refractivity contribution in [2.45, 2.75) is 37.2 Å². The summed E-state index contributed by atoms with van der Waals surface area (Å²) in [4.78, 5) is 0. The SMILES string of the molecule is CC(C)(C)c1ccc(-c2nnc(SCc3nnc(-c4ccc(Br)cc4)o3)o2)cc1. The van der Waals surface area contributed by atoms with Gasteiger partial charge in [0.05, 0.1) is 5.75 Å². The van der Waals surface area contributed by atoms with Gasteiger partial charge in [0.2, 0.25) is 17.7 Å². The predicted octanol–water partition coefficient (Wildman–Crippen LogP) is 6.14. The molecule has 8 heteroatoms. The van der Waals surface area contributed by atoms with Crippen LogP contribution < -0.4 is 0 Å². The molecule has 2 aromatic carbocycles. The Kier molecular flexibility index (Phi) is 5.56. The molecule has 0 aliphatic carbocycles. The zero-order valence-electron chi connectivity index (χ0n) is 16.2. The zero-order chi connectivity index (χ0) is 20.4. The molecule has 4 rings (SSSR count). The van der Waals surface area contributed by atoms with Crippen molar-refractivity contribution >= 4 is 27.7 Å². The Labute approximate surface area is 181 Å². The van der Waals surface area contributed by atoms with Crippen molar-refractivity contribution in [2.75, 3.05) is 0 Å². The molecule has 0 spiro atoms. The van der Waals surface area contributed by atoms with E-state index in [1.165, 1.54) is 17.3 Å². The minimum absolute atomic E-state index is 0.105. The molecule has 148 valence electrons. The van der Waals surface area contributed by atoms with Crippen molar-refractivity contribution in [2.24, 2.45) is 0 Å². The molecule has 0 unspecified atom stereocenters. The van der Waals surface area contributed by atoms with E-state index < -0.39 is 0 Å². The second-order valence-corrected chi connectivity index (χ2v) is 9.34. The van der Waals surface area contributed by atoms with Crippen LogP contribution in [0.3, 0.4) is 0 Å². The highest BCUT2D eigenvalue weighted by Crippen LogP contribution is 2.29. The molecule has 2 aromatic heterocycles. The van der Waals surface area contributed by atoms with Gasteiger partial charge in [-0.2, -0.15) is 0 Å². The molecule has 4 aromatic rings. The summed E-state index contributed by atoms with van der Waals surface area (Å²) in [5.41, 5.74) is 3.13. The molecular formula is C21H19BrN4O2S. The fourth-order valence-electron chi connectivity index (χ4n) is 2.64. The number of aromatic nitrogens is 4. The van der Waals surface area contributed by atoms with Gasteiger partial charge in [0, 0.05) is 15.6 Å². The van der Waals surface area contributed by atoms with E-state index in [-0.39, 0.29) is 5.41 Å². The Hall–Kier alpha value is -2.45. The monoisotopic (exact) mass is 470 g/mol. The molecule has 0 fully saturated rings. The lowest BCUT2D eigenvalue weighted by Gasteiger charge is -2.18. The van der Waals surface area contributed by atoms with Gasteiger partial charge in [-0.05, 0) is 47.4 Å². The molecule has 6 nitrogen and oxygen atoms in total. The van der Waals surface area contributed by atoms with Crippen LogP contribution in [0, 0.1) is 0 Å². The van der Waals surface area contributed by atoms with E-state index in [4.69, 9.17) is 8.83 Å². The van der Waals surface area contributed by atoms with Gasteiger partial charge >= 0.3 is 0 Å². The fourth-order valence-corrected chi connectivity index (χ4v) is 3.51. The van der Waals surface area contributed by atoms with E-state index in [0.717, 1.165) is 15.6 Å². The van der Waals surface area contributed by atoms with Crippen molar-refractivity contribution in [3.8, 4) is 22.9 Å². The number of hydrogen-bond donors (Lipinski definition) is 0. The summed E-state index contributed by atoms with van der Waals surface area (Å²) in [6, 6.07) is 15.9. The minimum atomic E-state index is 0.105. The van der Waals surface area contributed by atoms with Crippen LogP contribution in [0.5, 0.6) is 0 Å². The Morgan fingerprint density at radius 3 is 2.03 bits per heavy atom. The standard InChI is InChI=1S/C21H19BrN4O2S/c1-21(2,3)15-8-4-13(5-9-15)19-25-26-20(28-19)29-12-17-23-24-18(27-17)14-6-10-16(22)11-7-14/h4-11H,12H2,1-3H3. The number of rotatable bonds is 5. The van der Waals surface area contributed by atoms with Crippen LogP contribution in [-0.4, -0.2) is 20.4 Å². The highest BCUT2D eigenvalue weighted by atomic mass is 79.9. The molecule has 0 aliphatic heterocycles. The Morgan fingerprint density at radius 2 is 1.38 bits per heavy atom. The second kappa shape index (κ2) is 8.12. The third-order valence-electron chi connectivity index (χ3n) is 4.28. The fraction of sp³-hybridized carbons (Fsp3) is 0.238. The van der Waals surface area contributed by atoms with Crippen molar-refractivity contribution in [3.63, 3.8) is 0 Å². The third-order valence-corrected chi connectivity index (χ3v) is 5.61. The van der Waals surface area contributed by atoms with Crippen LogP contribution in [0.2, 0.25) is 0 Å². The van der Waals surface area contributed by atoms with E-state index in [1.54, 1.807) is 0 Å². The molecule has 29 heavy (non-hydrogen) atoms. The molecule has 0 N–H and O–H groups in total. The van der Waals surface area contributed by atoms with Gasteiger partial charge in [-0.25, -0.2) is 0 Å². The van der Waals surface area contributed by atoms with Crippen LogP contribution in [0.4, 0.5) is 0 Å². The summed E-state index contributed by atoms with van der Waals surface area (Å²) in [6.07, 6.45) is 0. The molecule has 0 bridgehead atoms. The Balaban J connectivity index is 1.40. The maximum atomic E-state index is 5.77. The van der Waals surface area contributed by atoms with Crippen LogP contribution in [0.15, 0.2) is 67.1 Å². The second-order valence-electron chi connectivity index (χ2n) is 7.50. The number of hydrogen-bond acceptors (Lipinski definition) is 7. The van der Waals surface area contributed by atoms with E-state index in [1.807, 2.05) is 36.4 Å². The van der Waals surface area contributed by atoms with Gasteiger partial charge in [0.25, 0.3) is 5.22 Å². The first-order valence-corrected chi connectivity index (χ1v) is 10.8. The molecular weight excluding hydrogens is 452 g/mol. The van der Waals surface area contributed by atoms with Gasteiger partial charge in [-0.1, -0.05) is 60.6 Å². The van der Waals surface area contributed by atoms with Gasteiger partial charge in [-0.3, -0.25) is 0 Å². The van der Waals surface area contributed by atoms with Crippen LogP contribution >= 0.6 is 27.7 Å². The summed E-state index contributed by atoms with van der Waals surface area (Å²) in [5, 5.41) is 16.9. The maximum Gasteiger partial charge on any atom is 0.277 e. The number of thioether (sulfide) groups is 1. The summed E-state index contributed by atoms with van der Waals surface area (Å²) in [5.74, 6) is 1.93. The maximum absolute atomic E-state index is 5.77. The van der Waals surface area contributed by atoms with Crippen LogP contribution in [0.1, 0.15) is 32.2 Å². The van der Waals surface area contributed by atoms with Gasteiger partial charge in [0.15, 0.2) is 0 Å². The van der Waals surface area contributed by atoms with Gasteiger partial charge in [0.1, 0.15) is 0 Å². The normalized spacial score (nSPS) is 11.7. The predicted molar refractivity (Wildman–Crippen MR) is 115 cm³/mol. The van der Waals surface area contributed by atoms with Gasteiger partial charge in [-0.15, -0.1) is 20.4 Å². The number of benzene rings is 2. The Morgan fingerprint density at radius 1 is 0.793 bits per heavy atom. The average Bonchev–Trinajstić information content (AvgIpc) is 3.36. The topological polar surface area (TPSA) is 77.8 Å². The summed E-state index contributed by atoms with van der Waals surface area (Å²) in [7, 11) is 0. The zero-order valence-corrected chi connectivity index (χ0v) is 18.6. The molecule has 0 radical (unpaired) electrons. The quantitative estimate of drug-likeness (QED) is 0.324.